The van der Waals surface area contributed by atoms with E-state index < -0.39 is 22.1 Å². The van der Waals surface area contributed by atoms with Gasteiger partial charge < -0.3 is 29.1 Å². The molecule has 12 heteroatoms. The van der Waals surface area contributed by atoms with E-state index in [1.165, 1.54) is 44.6 Å². The number of carboxylic acid groups (broad SMARTS) is 1. The number of sulfonamides is 1. The minimum atomic E-state index is -4.10. The van der Waals surface area contributed by atoms with Crippen LogP contribution in [0.5, 0.6) is 11.5 Å². The number of carbonyl (C=O) groups excluding carboxylic acids is 1. The fourth-order valence-corrected chi connectivity index (χ4v) is 4.64. The van der Waals surface area contributed by atoms with Crippen LogP contribution in [-0.2, 0) is 14.8 Å². The van der Waals surface area contributed by atoms with E-state index in [0.29, 0.717) is 37.6 Å². The highest BCUT2D eigenvalue weighted by molar-refractivity contribution is 7.92. The van der Waals surface area contributed by atoms with Crippen molar-refractivity contribution in [2.75, 3.05) is 56.6 Å². The van der Waals surface area contributed by atoms with Gasteiger partial charge >= 0.3 is 12.1 Å². The number of nitrogens with one attached hydrogen (secondary N) is 1. The van der Waals surface area contributed by atoms with Gasteiger partial charge in [0.15, 0.2) is 11.5 Å². The molecule has 184 valence electrons. The minimum absolute atomic E-state index is 0.0704. The van der Waals surface area contributed by atoms with E-state index in [-0.39, 0.29) is 28.5 Å². The molecule has 1 amide bonds. The first-order valence-corrected chi connectivity index (χ1v) is 12.0. The molecule has 0 aliphatic carbocycles. The maximum Gasteiger partial charge on any atom is 0.409 e. The van der Waals surface area contributed by atoms with Gasteiger partial charge in [-0.1, -0.05) is 0 Å². The van der Waals surface area contributed by atoms with Crippen LogP contribution in [0, 0.1) is 0 Å². The van der Waals surface area contributed by atoms with E-state index >= 15 is 0 Å². The molecule has 2 aromatic carbocycles. The molecule has 1 saturated heterocycles. The molecule has 3 rings (SSSR count). The Morgan fingerprint density at radius 3 is 2.26 bits per heavy atom. The summed E-state index contributed by atoms with van der Waals surface area (Å²) >= 11 is 0. The summed E-state index contributed by atoms with van der Waals surface area (Å²) in [6.45, 7) is 3.59. The molecule has 2 aromatic rings. The molecule has 0 radical (unpaired) electrons. The third-order valence-corrected chi connectivity index (χ3v) is 6.66. The Balaban J connectivity index is 1.91. The number of carboxylic acids is 1. The molecule has 0 spiro atoms. The molecule has 0 atom stereocenters. The fourth-order valence-electron chi connectivity index (χ4n) is 3.56. The van der Waals surface area contributed by atoms with Gasteiger partial charge in [-0.05, 0) is 37.3 Å². The molecule has 1 heterocycles. The zero-order chi connectivity index (χ0) is 24.9. The lowest BCUT2D eigenvalue weighted by Gasteiger charge is -2.36. The number of hydrogen-bond donors (Lipinski definition) is 2. The average Bonchev–Trinajstić information content (AvgIpc) is 2.83. The summed E-state index contributed by atoms with van der Waals surface area (Å²) in [6, 6.07) is 8.38. The van der Waals surface area contributed by atoms with Crippen LogP contribution in [-0.4, -0.2) is 77.5 Å². The number of anilines is 2. The minimum Gasteiger partial charge on any atom is -0.493 e. The number of amides is 1. The lowest BCUT2D eigenvalue weighted by Crippen LogP contribution is -2.49. The molecule has 2 N–H and O–H groups in total. The molecule has 11 nitrogen and oxygen atoms in total. The largest absolute Gasteiger partial charge is 0.493 e. The summed E-state index contributed by atoms with van der Waals surface area (Å²) in [4.78, 5) is 26.9. The normalized spacial score (nSPS) is 13.9. The van der Waals surface area contributed by atoms with Gasteiger partial charge in [0.25, 0.3) is 10.0 Å². The maximum atomic E-state index is 13.2. The molecule has 1 aliphatic rings. The number of nitrogens with zero attached hydrogens (tertiary/aromatic N) is 2. The Labute approximate surface area is 197 Å². The van der Waals surface area contributed by atoms with E-state index in [9.17, 15) is 23.1 Å². The molecular weight excluding hydrogens is 466 g/mol. The second-order valence-electron chi connectivity index (χ2n) is 7.33. The fraction of sp³-hybridized carbons (Fsp3) is 0.364. The van der Waals surface area contributed by atoms with Crippen LogP contribution < -0.4 is 19.1 Å². The van der Waals surface area contributed by atoms with Gasteiger partial charge in [0, 0.05) is 32.2 Å². The SMILES string of the molecule is CCOC(=O)N1CCN(c2ccc(C(=O)O)cc2NS(=O)(=O)c2ccc(OC)c(OC)c2)CC1. The molecule has 1 aliphatic heterocycles. The predicted octanol–water partition coefficient (Wildman–Crippen LogP) is 2.48. The van der Waals surface area contributed by atoms with E-state index in [4.69, 9.17) is 14.2 Å². The number of hydrogen-bond acceptors (Lipinski definition) is 8. The summed E-state index contributed by atoms with van der Waals surface area (Å²) in [6.07, 6.45) is -0.405. The summed E-state index contributed by atoms with van der Waals surface area (Å²) in [5, 5.41) is 9.42. The van der Waals surface area contributed by atoms with Gasteiger partial charge in [-0.15, -0.1) is 0 Å². The maximum absolute atomic E-state index is 13.2. The molecule has 0 bridgehead atoms. The van der Waals surface area contributed by atoms with Crippen molar-refractivity contribution < 1.29 is 37.3 Å². The van der Waals surface area contributed by atoms with Crippen LogP contribution in [0.1, 0.15) is 17.3 Å². The zero-order valence-electron chi connectivity index (χ0n) is 19.1. The molecule has 34 heavy (non-hydrogen) atoms. The second kappa shape index (κ2) is 10.5. The first-order chi connectivity index (χ1) is 16.2. The number of methoxy groups -OCH3 is 2. The Morgan fingerprint density at radius 2 is 1.68 bits per heavy atom. The van der Waals surface area contributed by atoms with Gasteiger partial charge in [0.2, 0.25) is 0 Å². The van der Waals surface area contributed by atoms with Crippen molar-refractivity contribution in [3.63, 3.8) is 0 Å². The monoisotopic (exact) mass is 493 g/mol. The van der Waals surface area contributed by atoms with Crippen molar-refractivity contribution in [1.29, 1.82) is 0 Å². The van der Waals surface area contributed by atoms with Crippen LogP contribution in [0.15, 0.2) is 41.3 Å². The van der Waals surface area contributed by atoms with Crippen molar-refractivity contribution in [2.24, 2.45) is 0 Å². The van der Waals surface area contributed by atoms with Crippen LogP contribution in [0.3, 0.4) is 0 Å². The summed E-state index contributed by atoms with van der Waals surface area (Å²) in [7, 11) is -1.26. The Hall–Kier alpha value is -3.67. The standard InChI is InChI=1S/C22H27N3O8S/c1-4-33-22(28)25-11-9-24(10-12-25)18-7-5-15(21(26)27)13-17(18)23-34(29,30)16-6-8-19(31-2)20(14-16)32-3/h5-8,13-14,23H,4,9-12H2,1-3H3,(H,26,27). The van der Waals surface area contributed by atoms with Crippen LogP contribution >= 0.6 is 0 Å². The van der Waals surface area contributed by atoms with Gasteiger partial charge in [-0.25, -0.2) is 18.0 Å². The van der Waals surface area contributed by atoms with Gasteiger partial charge in [-0.2, -0.15) is 0 Å². The Morgan fingerprint density at radius 1 is 1.00 bits per heavy atom. The summed E-state index contributed by atoms with van der Waals surface area (Å²) in [5.41, 5.74) is 0.538. The van der Waals surface area contributed by atoms with Crippen LogP contribution in [0.4, 0.5) is 16.2 Å². The van der Waals surface area contributed by atoms with E-state index in [1.54, 1.807) is 17.9 Å². The first kappa shape index (κ1) is 25.0. The molecular formula is C22H27N3O8S. The molecule has 1 fully saturated rings. The first-order valence-electron chi connectivity index (χ1n) is 10.5. The highest BCUT2D eigenvalue weighted by Crippen LogP contribution is 2.33. The van der Waals surface area contributed by atoms with Crippen molar-refractivity contribution in [3.8, 4) is 11.5 Å². The number of ether oxygens (including phenoxy) is 3. The number of aromatic carboxylic acids is 1. The molecule has 0 unspecified atom stereocenters. The number of carbonyl (C=O) groups is 2. The van der Waals surface area contributed by atoms with Crippen LogP contribution in [0.25, 0.3) is 0 Å². The third-order valence-electron chi connectivity index (χ3n) is 5.30. The smallest absolute Gasteiger partial charge is 0.409 e. The lowest BCUT2D eigenvalue weighted by atomic mass is 10.1. The Kier molecular flexibility index (Phi) is 7.72. The van der Waals surface area contributed by atoms with E-state index in [0.717, 1.165) is 0 Å². The quantitative estimate of drug-likeness (QED) is 0.569. The van der Waals surface area contributed by atoms with Crippen molar-refractivity contribution in [2.45, 2.75) is 11.8 Å². The Bertz CT molecular complexity index is 1160. The number of rotatable bonds is 8. The van der Waals surface area contributed by atoms with Crippen LogP contribution in [0.2, 0.25) is 0 Å². The van der Waals surface area contributed by atoms with Crippen molar-refractivity contribution >= 4 is 33.5 Å². The third kappa shape index (κ3) is 5.45. The summed E-state index contributed by atoms with van der Waals surface area (Å²) < 4.78 is 44.2. The second-order valence-corrected chi connectivity index (χ2v) is 9.01. The molecule has 0 saturated carbocycles. The number of benzene rings is 2. The van der Waals surface area contributed by atoms with Crippen molar-refractivity contribution in [1.82, 2.24) is 4.90 Å². The van der Waals surface area contributed by atoms with Gasteiger partial charge in [0.1, 0.15) is 0 Å². The predicted molar refractivity (Wildman–Crippen MR) is 125 cm³/mol. The highest BCUT2D eigenvalue weighted by atomic mass is 32.2. The zero-order valence-corrected chi connectivity index (χ0v) is 19.9. The van der Waals surface area contributed by atoms with Gasteiger partial charge in [-0.3, -0.25) is 4.72 Å². The topological polar surface area (TPSA) is 135 Å². The van der Waals surface area contributed by atoms with Crippen molar-refractivity contribution in [3.05, 3.63) is 42.0 Å². The molecule has 0 aromatic heterocycles. The van der Waals surface area contributed by atoms with E-state index in [2.05, 4.69) is 4.72 Å². The number of piperazine rings is 1. The summed E-state index contributed by atoms with van der Waals surface area (Å²) in [5.74, 6) is -0.584. The highest BCUT2D eigenvalue weighted by Gasteiger charge is 2.26. The lowest BCUT2D eigenvalue weighted by molar-refractivity contribution is 0.0696. The van der Waals surface area contributed by atoms with E-state index in [1.807, 2.05) is 4.90 Å². The van der Waals surface area contributed by atoms with Gasteiger partial charge in [0.05, 0.1) is 42.7 Å². The average molecular weight is 494 g/mol.